The lowest BCUT2D eigenvalue weighted by atomic mass is 10.1. The van der Waals surface area contributed by atoms with Gasteiger partial charge in [0.25, 0.3) is 0 Å². The summed E-state index contributed by atoms with van der Waals surface area (Å²) in [7, 11) is 1.33. The molecule has 1 amide bonds. The van der Waals surface area contributed by atoms with Crippen LogP contribution < -0.4 is 5.32 Å². The number of carbonyl (C=O) groups is 2. The van der Waals surface area contributed by atoms with Gasteiger partial charge in [0, 0.05) is 19.2 Å². The first-order valence-electron chi connectivity index (χ1n) is 5.88. The summed E-state index contributed by atoms with van der Waals surface area (Å²) in [6, 6.07) is 3.58. The normalized spacial score (nSPS) is 11.9. The molecule has 0 aliphatic heterocycles. The van der Waals surface area contributed by atoms with Crippen LogP contribution in [0.4, 0.5) is 8.78 Å². The lowest BCUT2D eigenvalue weighted by Crippen LogP contribution is -2.35. The van der Waals surface area contributed by atoms with Crippen LogP contribution in [0.2, 0.25) is 0 Å². The molecule has 5 nitrogen and oxygen atoms in total. The van der Waals surface area contributed by atoms with E-state index in [1.807, 2.05) is 0 Å². The fourth-order valence-corrected chi connectivity index (χ4v) is 1.58. The Labute approximate surface area is 114 Å². The number of benzene rings is 1. The number of carbonyl (C=O) groups excluding carboxylic acids is 1. The number of rotatable bonds is 7. The Kier molecular flexibility index (Phi) is 6.05. The second-order valence-corrected chi connectivity index (χ2v) is 4.15. The van der Waals surface area contributed by atoms with Crippen molar-refractivity contribution in [3.8, 4) is 0 Å². The van der Waals surface area contributed by atoms with Crippen LogP contribution in [-0.4, -0.2) is 36.7 Å². The van der Waals surface area contributed by atoms with Gasteiger partial charge in [-0.15, -0.1) is 0 Å². The molecule has 110 valence electrons. The molecule has 1 unspecified atom stereocenters. The van der Waals surface area contributed by atoms with Gasteiger partial charge in [0.1, 0.15) is 0 Å². The van der Waals surface area contributed by atoms with E-state index in [0.29, 0.717) is 0 Å². The number of amides is 1. The van der Waals surface area contributed by atoms with Gasteiger partial charge in [-0.2, -0.15) is 0 Å². The lowest BCUT2D eigenvalue weighted by molar-refractivity contribution is -0.140. The quantitative estimate of drug-likeness (QED) is 0.788. The molecule has 1 atom stereocenters. The fraction of sp³-hybridized carbons (Fsp3) is 0.385. The van der Waals surface area contributed by atoms with Crippen LogP contribution >= 0.6 is 0 Å². The van der Waals surface area contributed by atoms with Gasteiger partial charge in [-0.1, -0.05) is 12.1 Å². The zero-order chi connectivity index (χ0) is 15.1. The second-order valence-electron chi connectivity index (χ2n) is 4.15. The molecule has 2 N–H and O–H groups in total. The van der Waals surface area contributed by atoms with Gasteiger partial charge in [0.05, 0.1) is 18.9 Å². The van der Waals surface area contributed by atoms with E-state index in [9.17, 15) is 18.4 Å². The molecule has 1 aromatic rings. The van der Waals surface area contributed by atoms with Crippen molar-refractivity contribution in [2.75, 3.05) is 13.7 Å². The number of ether oxygens (including phenoxy) is 1. The van der Waals surface area contributed by atoms with E-state index in [2.05, 4.69) is 5.32 Å². The van der Waals surface area contributed by atoms with Crippen molar-refractivity contribution in [3.63, 3.8) is 0 Å². The Morgan fingerprint density at radius 2 is 2.10 bits per heavy atom. The Bertz CT molecular complexity index is 493. The summed E-state index contributed by atoms with van der Waals surface area (Å²) in [5.41, 5.74) is -0.0605. The van der Waals surface area contributed by atoms with Crippen LogP contribution in [-0.2, 0) is 20.7 Å². The number of aliphatic carboxylic acids is 1. The maximum atomic E-state index is 13.3. The van der Waals surface area contributed by atoms with Crippen molar-refractivity contribution >= 4 is 11.9 Å². The summed E-state index contributed by atoms with van der Waals surface area (Å²) in [5, 5.41) is 11.0. The predicted molar refractivity (Wildman–Crippen MR) is 66.1 cm³/mol. The maximum Gasteiger partial charge on any atom is 0.306 e. The number of carboxylic acids is 1. The monoisotopic (exact) mass is 287 g/mol. The highest BCUT2D eigenvalue weighted by Crippen LogP contribution is 2.11. The first-order valence-corrected chi connectivity index (χ1v) is 5.88. The van der Waals surface area contributed by atoms with Crippen LogP contribution in [0.5, 0.6) is 0 Å². The van der Waals surface area contributed by atoms with Crippen molar-refractivity contribution in [2.45, 2.75) is 18.9 Å². The fourth-order valence-electron chi connectivity index (χ4n) is 1.58. The van der Waals surface area contributed by atoms with Crippen LogP contribution in [0.15, 0.2) is 18.2 Å². The van der Waals surface area contributed by atoms with Gasteiger partial charge in [0.15, 0.2) is 11.6 Å². The van der Waals surface area contributed by atoms with Crippen molar-refractivity contribution in [3.05, 3.63) is 35.4 Å². The van der Waals surface area contributed by atoms with Gasteiger partial charge >= 0.3 is 5.97 Å². The van der Waals surface area contributed by atoms with Crippen molar-refractivity contribution in [2.24, 2.45) is 0 Å². The summed E-state index contributed by atoms with van der Waals surface area (Å²) in [6.07, 6.45) is -1.26. The maximum absolute atomic E-state index is 13.3. The number of hydrogen-bond acceptors (Lipinski definition) is 3. The Morgan fingerprint density at radius 3 is 2.70 bits per heavy atom. The van der Waals surface area contributed by atoms with E-state index in [0.717, 1.165) is 6.07 Å². The Balaban J connectivity index is 2.51. The topological polar surface area (TPSA) is 75.6 Å². The molecule has 0 aliphatic rings. The smallest absolute Gasteiger partial charge is 0.306 e. The predicted octanol–water partition coefficient (Wildman–Crippen LogP) is 1.11. The van der Waals surface area contributed by atoms with Gasteiger partial charge in [-0.25, -0.2) is 8.78 Å². The molecule has 0 aromatic heterocycles. The van der Waals surface area contributed by atoms with E-state index in [1.54, 1.807) is 0 Å². The zero-order valence-electron chi connectivity index (χ0n) is 10.9. The van der Waals surface area contributed by atoms with Gasteiger partial charge in [0.2, 0.25) is 5.91 Å². The molecule has 0 aliphatic carbocycles. The molecule has 0 saturated carbocycles. The minimum Gasteiger partial charge on any atom is -0.481 e. The molecule has 20 heavy (non-hydrogen) atoms. The van der Waals surface area contributed by atoms with Crippen molar-refractivity contribution in [1.29, 1.82) is 0 Å². The Morgan fingerprint density at radius 1 is 1.40 bits per heavy atom. The molecule has 7 heteroatoms. The third-order valence-corrected chi connectivity index (χ3v) is 2.65. The standard InChI is InChI=1S/C13H15F2NO4/c1-20-9(6-12(18)19)7-16-11(17)5-8-3-2-4-10(14)13(8)15/h2-4,9H,5-7H2,1H3,(H,16,17)(H,18,19). The van der Waals surface area contributed by atoms with Gasteiger partial charge in [-0.05, 0) is 6.07 Å². The minimum atomic E-state index is -1.06. The van der Waals surface area contributed by atoms with Crippen LogP contribution in [0.3, 0.4) is 0 Å². The molecular formula is C13H15F2NO4. The number of hydrogen-bond donors (Lipinski definition) is 2. The molecular weight excluding hydrogens is 272 g/mol. The molecule has 0 radical (unpaired) electrons. The van der Waals surface area contributed by atoms with E-state index in [4.69, 9.17) is 9.84 Å². The highest BCUT2D eigenvalue weighted by molar-refractivity contribution is 5.78. The third kappa shape index (κ3) is 4.93. The van der Waals surface area contributed by atoms with Gasteiger partial charge in [-0.3, -0.25) is 9.59 Å². The summed E-state index contributed by atoms with van der Waals surface area (Å²) in [5.74, 6) is -3.67. The minimum absolute atomic E-state index is 0.0153. The van der Waals surface area contributed by atoms with Crippen LogP contribution in [0.1, 0.15) is 12.0 Å². The van der Waals surface area contributed by atoms with E-state index in [1.165, 1.54) is 19.2 Å². The molecule has 1 rings (SSSR count). The average Bonchev–Trinajstić information content (AvgIpc) is 2.39. The third-order valence-electron chi connectivity index (χ3n) is 2.65. The largest absolute Gasteiger partial charge is 0.481 e. The first-order chi connectivity index (χ1) is 9.43. The van der Waals surface area contributed by atoms with Crippen molar-refractivity contribution in [1.82, 2.24) is 5.32 Å². The summed E-state index contributed by atoms with van der Waals surface area (Å²) >= 11 is 0. The number of halogens is 2. The summed E-state index contributed by atoms with van der Waals surface area (Å²) < 4.78 is 31.2. The average molecular weight is 287 g/mol. The summed E-state index contributed by atoms with van der Waals surface area (Å²) in [6.45, 7) is -0.0153. The second kappa shape index (κ2) is 7.54. The van der Waals surface area contributed by atoms with Crippen LogP contribution in [0, 0.1) is 11.6 Å². The molecule has 0 spiro atoms. The Hall–Kier alpha value is -2.02. The van der Waals surface area contributed by atoms with E-state index < -0.39 is 29.6 Å². The molecule has 0 fully saturated rings. The zero-order valence-corrected chi connectivity index (χ0v) is 10.9. The number of methoxy groups -OCH3 is 1. The highest BCUT2D eigenvalue weighted by Gasteiger charge is 2.15. The molecule has 0 heterocycles. The van der Waals surface area contributed by atoms with Crippen LogP contribution in [0.25, 0.3) is 0 Å². The summed E-state index contributed by atoms with van der Waals surface area (Å²) in [4.78, 5) is 22.1. The van der Waals surface area contributed by atoms with E-state index >= 15 is 0 Å². The SMILES string of the molecule is COC(CNC(=O)Cc1cccc(F)c1F)CC(=O)O. The highest BCUT2D eigenvalue weighted by atomic mass is 19.2. The van der Waals surface area contributed by atoms with E-state index in [-0.39, 0.29) is 24.9 Å². The first kappa shape index (κ1) is 16.0. The molecule has 1 aromatic carbocycles. The lowest BCUT2D eigenvalue weighted by Gasteiger charge is -2.14. The molecule has 0 saturated heterocycles. The number of nitrogens with one attached hydrogen (secondary N) is 1. The number of carboxylic acid groups (broad SMARTS) is 1. The van der Waals surface area contributed by atoms with Gasteiger partial charge < -0.3 is 15.2 Å². The molecule has 0 bridgehead atoms. The van der Waals surface area contributed by atoms with Crippen molar-refractivity contribution < 1.29 is 28.2 Å².